The smallest absolute Gasteiger partial charge is 0.407 e. The summed E-state index contributed by atoms with van der Waals surface area (Å²) in [4.78, 5) is 11.5. The molecule has 1 amide bonds. The maximum Gasteiger partial charge on any atom is 0.407 e. The second-order valence-electron chi connectivity index (χ2n) is 5.98. The highest BCUT2D eigenvalue weighted by Gasteiger charge is 2.16. The van der Waals surface area contributed by atoms with Crippen molar-refractivity contribution in [3.05, 3.63) is 35.4 Å². The Balaban J connectivity index is 2.46. The number of nitrogens with two attached hydrogens (primary N) is 1. The van der Waals surface area contributed by atoms with Crippen LogP contribution in [-0.4, -0.2) is 18.2 Å². The largest absolute Gasteiger partial charge is 0.444 e. The molecule has 0 aliphatic carbocycles. The van der Waals surface area contributed by atoms with E-state index in [1.165, 1.54) is 5.56 Å². The Morgan fingerprint density at radius 3 is 2.40 bits per heavy atom. The van der Waals surface area contributed by atoms with Crippen molar-refractivity contribution >= 4 is 6.09 Å². The molecular formula is C16H26N2O2. The Labute approximate surface area is 121 Å². The lowest BCUT2D eigenvalue weighted by Crippen LogP contribution is -2.36. The Hall–Kier alpha value is -1.55. The molecule has 0 spiro atoms. The van der Waals surface area contributed by atoms with Crippen LogP contribution in [0.25, 0.3) is 0 Å². The van der Waals surface area contributed by atoms with Gasteiger partial charge < -0.3 is 15.8 Å². The minimum absolute atomic E-state index is 0.224. The lowest BCUT2D eigenvalue weighted by Gasteiger charge is -2.21. The van der Waals surface area contributed by atoms with Gasteiger partial charge in [0.2, 0.25) is 0 Å². The van der Waals surface area contributed by atoms with Crippen LogP contribution in [0.4, 0.5) is 4.79 Å². The number of aryl methyl sites for hydroxylation is 1. The number of benzene rings is 1. The number of ether oxygens (including phenoxy) is 1. The Morgan fingerprint density at radius 1 is 1.30 bits per heavy atom. The summed E-state index contributed by atoms with van der Waals surface area (Å²) < 4.78 is 5.17. The molecule has 4 nitrogen and oxygen atoms in total. The van der Waals surface area contributed by atoms with Crippen LogP contribution in [0.2, 0.25) is 0 Å². The maximum absolute atomic E-state index is 11.5. The highest BCUT2D eigenvalue weighted by atomic mass is 16.6. The quantitative estimate of drug-likeness (QED) is 0.869. The molecule has 0 aromatic heterocycles. The van der Waals surface area contributed by atoms with Crippen LogP contribution in [-0.2, 0) is 11.2 Å². The lowest BCUT2D eigenvalue weighted by molar-refractivity contribution is 0.0524. The number of hydrogen-bond donors (Lipinski definition) is 2. The number of hydrogen-bond acceptors (Lipinski definition) is 3. The van der Waals surface area contributed by atoms with Crippen molar-refractivity contribution in [2.45, 2.75) is 52.2 Å². The van der Waals surface area contributed by atoms with E-state index in [-0.39, 0.29) is 6.04 Å². The summed E-state index contributed by atoms with van der Waals surface area (Å²) in [6.07, 6.45) is 1.77. The van der Waals surface area contributed by atoms with Crippen LogP contribution in [0.1, 0.15) is 51.3 Å². The molecule has 1 unspecified atom stereocenters. The Morgan fingerprint density at radius 2 is 1.90 bits per heavy atom. The summed E-state index contributed by atoms with van der Waals surface area (Å²) in [5.41, 5.74) is 7.89. The van der Waals surface area contributed by atoms with Gasteiger partial charge in [-0.2, -0.15) is 0 Å². The third-order valence-electron chi connectivity index (χ3n) is 2.81. The summed E-state index contributed by atoms with van der Waals surface area (Å²) in [5.74, 6) is 0. The molecule has 0 bridgehead atoms. The summed E-state index contributed by atoms with van der Waals surface area (Å²) in [7, 11) is 0. The molecule has 1 atom stereocenters. The predicted octanol–water partition coefficient (Wildman–Crippen LogP) is 3.16. The zero-order valence-electron chi connectivity index (χ0n) is 12.9. The Bertz CT molecular complexity index is 421. The number of alkyl carbamates (subject to hydrolysis) is 1. The zero-order valence-corrected chi connectivity index (χ0v) is 12.9. The highest BCUT2D eigenvalue weighted by Crippen LogP contribution is 2.13. The van der Waals surface area contributed by atoms with Gasteiger partial charge in [0, 0.05) is 12.6 Å². The van der Waals surface area contributed by atoms with E-state index in [1.807, 2.05) is 32.9 Å². The lowest BCUT2D eigenvalue weighted by atomic mass is 10.0. The molecule has 1 rings (SSSR count). The third-order valence-corrected chi connectivity index (χ3v) is 2.81. The van der Waals surface area contributed by atoms with Crippen LogP contribution in [0.5, 0.6) is 0 Å². The SMILES string of the molecule is CCCc1ccc(C(N)CNC(=O)OC(C)(C)C)cc1. The first kappa shape index (κ1) is 16.5. The molecule has 0 saturated heterocycles. The highest BCUT2D eigenvalue weighted by molar-refractivity contribution is 5.67. The molecule has 0 saturated carbocycles. The molecule has 112 valence electrons. The van der Waals surface area contributed by atoms with Gasteiger partial charge in [0.15, 0.2) is 0 Å². The summed E-state index contributed by atoms with van der Waals surface area (Å²) in [6, 6.07) is 8.00. The van der Waals surface area contributed by atoms with E-state index in [0.717, 1.165) is 18.4 Å². The first-order valence-corrected chi connectivity index (χ1v) is 7.13. The van der Waals surface area contributed by atoms with E-state index in [0.29, 0.717) is 6.54 Å². The van der Waals surface area contributed by atoms with Crippen LogP contribution < -0.4 is 11.1 Å². The first-order valence-electron chi connectivity index (χ1n) is 7.13. The van der Waals surface area contributed by atoms with Crippen LogP contribution in [0.3, 0.4) is 0 Å². The van der Waals surface area contributed by atoms with Gasteiger partial charge in [-0.25, -0.2) is 4.79 Å². The van der Waals surface area contributed by atoms with Crippen molar-refractivity contribution in [1.29, 1.82) is 0 Å². The normalized spacial score (nSPS) is 12.8. The average Bonchev–Trinajstić information content (AvgIpc) is 2.35. The molecule has 0 heterocycles. The number of carbonyl (C=O) groups is 1. The summed E-state index contributed by atoms with van der Waals surface area (Å²) in [6.45, 7) is 8.02. The van der Waals surface area contributed by atoms with E-state index in [1.54, 1.807) is 0 Å². The molecule has 0 fully saturated rings. The van der Waals surface area contributed by atoms with Gasteiger partial charge in [-0.15, -0.1) is 0 Å². The monoisotopic (exact) mass is 278 g/mol. The van der Waals surface area contributed by atoms with Gasteiger partial charge in [-0.1, -0.05) is 37.6 Å². The fourth-order valence-electron chi connectivity index (χ4n) is 1.85. The van der Waals surface area contributed by atoms with Gasteiger partial charge in [-0.05, 0) is 38.3 Å². The van der Waals surface area contributed by atoms with Crippen molar-refractivity contribution in [2.75, 3.05) is 6.54 Å². The van der Waals surface area contributed by atoms with Crippen LogP contribution in [0, 0.1) is 0 Å². The van der Waals surface area contributed by atoms with E-state index in [4.69, 9.17) is 10.5 Å². The third kappa shape index (κ3) is 6.06. The summed E-state index contributed by atoms with van der Waals surface area (Å²) in [5, 5.41) is 2.69. The molecule has 1 aromatic rings. The van der Waals surface area contributed by atoms with Crippen molar-refractivity contribution in [1.82, 2.24) is 5.32 Å². The molecule has 1 aromatic carbocycles. The van der Waals surface area contributed by atoms with Gasteiger partial charge in [0.05, 0.1) is 0 Å². The van der Waals surface area contributed by atoms with Crippen molar-refractivity contribution in [3.63, 3.8) is 0 Å². The molecule has 4 heteroatoms. The second-order valence-corrected chi connectivity index (χ2v) is 5.98. The van der Waals surface area contributed by atoms with E-state index >= 15 is 0 Å². The zero-order chi connectivity index (χ0) is 15.2. The number of rotatable bonds is 5. The standard InChI is InChI=1S/C16H26N2O2/c1-5-6-12-7-9-13(10-8-12)14(17)11-18-15(19)20-16(2,3)4/h7-10,14H,5-6,11,17H2,1-4H3,(H,18,19). The van der Waals surface area contributed by atoms with Gasteiger partial charge >= 0.3 is 6.09 Å². The average molecular weight is 278 g/mol. The molecule has 0 aliphatic heterocycles. The minimum atomic E-state index is -0.490. The minimum Gasteiger partial charge on any atom is -0.444 e. The van der Waals surface area contributed by atoms with E-state index < -0.39 is 11.7 Å². The van der Waals surface area contributed by atoms with Gasteiger partial charge in [0.25, 0.3) is 0 Å². The first-order chi connectivity index (χ1) is 9.31. The van der Waals surface area contributed by atoms with Gasteiger partial charge in [0.1, 0.15) is 5.60 Å². The molecule has 3 N–H and O–H groups in total. The summed E-state index contributed by atoms with van der Waals surface area (Å²) >= 11 is 0. The second kappa shape index (κ2) is 7.29. The van der Waals surface area contributed by atoms with E-state index in [2.05, 4.69) is 24.4 Å². The number of carbonyl (C=O) groups excluding carboxylic acids is 1. The maximum atomic E-state index is 11.5. The van der Waals surface area contributed by atoms with Crippen molar-refractivity contribution in [3.8, 4) is 0 Å². The van der Waals surface area contributed by atoms with E-state index in [9.17, 15) is 4.79 Å². The fourth-order valence-corrected chi connectivity index (χ4v) is 1.85. The number of amides is 1. The van der Waals surface area contributed by atoms with Crippen LogP contribution >= 0.6 is 0 Å². The number of nitrogens with one attached hydrogen (secondary N) is 1. The van der Waals surface area contributed by atoms with Crippen molar-refractivity contribution < 1.29 is 9.53 Å². The topological polar surface area (TPSA) is 64.3 Å². The Kier molecular flexibility index (Phi) is 6.02. The molecular weight excluding hydrogens is 252 g/mol. The fraction of sp³-hybridized carbons (Fsp3) is 0.562. The molecule has 0 aliphatic rings. The molecule has 0 radical (unpaired) electrons. The van der Waals surface area contributed by atoms with Crippen molar-refractivity contribution in [2.24, 2.45) is 5.73 Å². The van der Waals surface area contributed by atoms with Gasteiger partial charge in [-0.3, -0.25) is 0 Å². The predicted molar refractivity (Wildman–Crippen MR) is 81.6 cm³/mol. The molecule has 20 heavy (non-hydrogen) atoms. The van der Waals surface area contributed by atoms with Crippen LogP contribution in [0.15, 0.2) is 24.3 Å².